The SMILES string of the molecule is NC(=O)N[C@H](CC(=O)NCCCc1ccccc1)c1ccc(Cl)cc1. The average Bonchev–Trinajstić information content (AvgIpc) is 2.59. The molecule has 0 bridgehead atoms. The lowest BCUT2D eigenvalue weighted by Crippen LogP contribution is -2.36. The molecule has 0 spiro atoms. The summed E-state index contributed by atoms with van der Waals surface area (Å²) in [6.45, 7) is 0.581. The first-order chi connectivity index (χ1) is 12.0. The van der Waals surface area contributed by atoms with Crippen molar-refractivity contribution in [1.29, 1.82) is 0 Å². The number of hydrogen-bond acceptors (Lipinski definition) is 2. The van der Waals surface area contributed by atoms with Crippen molar-refractivity contribution in [2.45, 2.75) is 25.3 Å². The van der Waals surface area contributed by atoms with Crippen LogP contribution in [0.15, 0.2) is 54.6 Å². The second-order valence-corrected chi connectivity index (χ2v) is 6.19. The molecular formula is C19H22ClN3O2. The highest BCUT2D eigenvalue weighted by molar-refractivity contribution is 6.30. The molecule has 5 nitrogen and oxygen atoms in total. The summed E-state index contributed by atoms with van der Waals surface area (Å²) in [5.41, 5.74) is 7.24. The zero-order valence-corrected chi connectivity index (χ0v) is 14.6. The summed E-state index contributed by atoms with van der Waals surface area (Å²) in [5, 5.41) is 6.07. The summed E-state index contributed by atoms with van der Waals surface area (Å²) in [4.78, 5) is 23.4. The Morgan fingerprint density at radius 1 is 1.04 bits per heavy atom. The van der Waals surface area contributed by atoms with Crippen molar-refractivity contribution in [2.24, 2.45) is 5.73 Å². The number of primary amides is 1. The first-order valence-corrected chi connectivity index (χ1v) is 8.54. The molecule has 0 aliphatic heterocycles. The van der Waals surface area contributed by atoms with E-state index in [0.717, 1.165) is 18.4 Å². The summed E-state index contributed by atoms with van der Waals surface area (Å²) >= 11 is 5.87. The molecule has 0 aliphatic rings. The van der Waals surface area contributed by atoms with E-state index in [0.29, 0.717) is 11.6 Å². The van der Waals surface area contributed by atoms with Gasteiger partial charge in [0.05, 0.1) is 12.5 Å². The van der Waals surface area contributed by atoms with Gasteiger partial charge in [-0.1, -0.05) is 54.1 Å². The third kappa shape index (κ3) is 6.85. The van der Waals surface area contributed by atoms with Crippen LogP contribution in [0.25, 0.3) is 0 Å². The molecule has 2 aromatic rings. The second-order valence-electron chi connectivity index (χ2n) is 5.76. The largest absolute Gasteiger partial charge is 0.356 e. The maximum absolute atomic E-state index is 12.2. The second kappa shape index (κ2) is 9.69. The maximum atomic E-state index is 12.2. The van der Waals surface area contributed by atoms with E-state index in [2.05, 4.69) is 22.8 Å². The van der Waals surface area contributed by atoms with Crippen LogP contribution in [0.3, 0.4) is 0 Å². The third-order valence-corrected chi connectivity index (χ3v) is 4.04. The molecule has 3 amide bonds. The average molecular weight is 360 g/mol. The Bertz CT molecular complexity index is 690. The minimum absolute atomic E-state index is 0.121. The lowest BCUT2D eigenvalue weighted by molar-refractivity contribution is -0.121. The monoisotopic (exact) mass is 359 g/mol. The zero-order valence-electron chi connectivity index (χ0n) is 13.9. The van der Waals surface area contributed by atoms with Crippen molar-refractivity contribution >= 4 is 23.5 Å². The number of aryl methyl sites for hydroxylation is 1. The number of urea groups is 1. The van der Waals surface area contributed by atoms with E-state index in [4.69, 9.17) is 17.3 Å². The third-order valence-electron chi connectivity index (χ3n) is 3.79. The van der Waals surface area contributed by atoms with Gasteiger partial charge in [-0.2, -0.15) is 0 Å². The van der Waals surface area contributed by atoms with E-state index < -0.39 is 12.1 Å². The van der Waals surface area contributed by atoms with E-state index in [-0.39, 0.29) is 12.3 Å². The van der Waals surface area contributed by atoms with E-state index in [1.807, 2.05) is 18.2 Å². The standard InChI is InChI=1S/C19H22ClN3O2/c20-16-10-8-15(9-11-16)17(23-19(21)25)13-18(24)22-12-4-7-14-5-2-1-3-6-14/h1-3,5-6,8-11,17H,4,7,12-13H2,(H,22,24)(H3,21,23,25)/t17-/m1/s1. The number of benzene rings is 2. The topological polar surface area (TPSA) is 84.2 Å². The molecule has 0 saturated heterocycles. The lowest BCUT2D eigenvalue weighted by atomic mass is 10.0. The van der Waals surface area contributed by atoms with Crippen molar-refractivity contribution in [2.75, 3.05) is 6.54 Å². The molecule has 0 heterocycles. The quantitative estimate of drug-likeness (QED) is 0.632. The first kappa shape index (κ1) is 18.8. The minimum atomic E-state index is -0.670. The van der Waals surface area contributed by atoms with Gasteiger partial charge in [-0.25, -0.2) is 4.79 Å². The Hall–Kier alpha value is -2.53. The Labute approximate surface area is 152 Å². The van der Waals surface area contributed by atoms with Crippen molar-refractivity contribution in [3.63, 3.8) is 0 Å². The van der Waals surface area contributed by atoms with Gasteiger partial charge >= 0.3 is 6.03 Å². The van der Waals surface area contributed by atoms with Crippen LogP contribution in [0.4, 0.5) is 4.79 Å². The number of nitrogens with one attached hydrogen (secondary N) is 2. The fraction of sp³-hybridized carbons (Fsp3) is 0.263. The van der Waals surface area contributed by atoms with E-state index in [9.17, 15) is 9.59 Å². The molecule has 6 heteroatoms. The molecule has 2 rings (SSSR count). The first-order valence-electron chi connectivity index (χ1n) is 8.16. The van der Waals surface area contributed by atoms with Gasteiger partial charge in [0.25, 0.3) is 0 Å². The highest BCUT2D eigenvalue weighted by Gasteiger charge is 2.17. The van der Waals surface area contributed by atoms with E-state index >= 15 is 0 Å². The summed E-state index contributed by atoms with van der Waals surface area (Å²) in [6.07, 6.45) is 1.88. The molecule has 25 heavy (non-hydrogen) atoms. The van der Waals surface area contributed by atoms with Crippen LogP contribution in [0.5, 0.6) is 0 Å². The fourth-order valence-electron chi connectivity index (χ4n) is 2.54. The molecule has 0 unspecified atom stereocenters. The fourth-order valence-corrected chi connectivity index (χ4v) is 2.67. The Kier molecular flexibility index (Phi) is 7.29. The van der Waals surface area contributed by atoms with E-state index in [1.54, 1.807) is 24.3 Å². The van der Waals surface area contributed by atoms with Crippen LogP contribution < -0.4 is 16.4 Å². The van der Waals surface area contributed by atoms with Crippen LogP contribution in [0, 0.1) is 0 Å². The van der Waals surface area contributed by atoms with E-state index in [1.165, 1.54) is 5.56 Å². The number of amides is 3. The number of nitrogens with two attached hydrogens (primary N) is 1. The van der Waals surface area contributed by atoms with Gasteiger partial charge in [0.1, 0.15) is 0 Å². The van der Waals surface area contributed by atoms with Gasteiger partial charge < -0.3 is 16.4 Å². The molecular weight excluding hydrogens is 338 g/mol. The summed E-state index contributed by atoms with van der Waals surface area (Å²) in [7, 11) is 0. The van der Waals surface area contributed by atoms with Gasteiger partial charge in [-0.15, -0.1) is 0 Å². The van der Waals surface area contributed by atoms with Crippen LogP contribution >= 0.6 is 11.6 Å². The number of carbonyl (C=O) groups is 2. The van der Waals surface area contributed by atoms with Gasteiger partial charge in [-0.3, -0.25) is 4.79 Å². The molecule has 0 saturated carbocycles. The van der Waals surface area contributed by atoms with Crippen LogP contribution in [-0.2, 0) is 11.2 Å². The molecule has 132 valence electrons. The van der Waals surface area contributed by atoms with Crippen molar-refractivity contribution < 1.29 is 9.59 Å². The molecule has 0 aromatic heterocycles. The molecule has 0 fully saturated rings. The highest BCUT2D eigenvalue weighted by Crippen LogP contribution is 2.19. The highest BCUT2D eigenvalue weighted by atomic mass is 35.5. The van der Waals surface area contributed by atoms with Crippen molar-refractivity contribution in [3.8, 4) is 0 Å². The summed E-state index contributed by atoms with van der Waals surface area (Å²) in [5.74, 6) is -0.137. The molecule has 2 aromatic carbocycles. The van der Waals surface area contributed by atoms with Crippen LogP contribution in [-0.4, -0.2) is 18.5 Å². The smallest absolute Gasteiger partial charge is 0.312 e. The van der Waals surface area contributed by atoms with Gasteiger partial charge in [0, 0.05) is 11.6 Å². The van der Waals surface area contributed by atoms with Crippen molar-refractivity contribution in [1.82, 2.24) is 10.6 Å². The number of rotatable bonds is 8. The molecule has 0 aliphatic carbocycles. The minimum Gasteiger partial charge on any atom is -0.356 e. The molecule has 0 radical (unpaired) electrons. The predicted molar refractivity (Wildman–Crippen MR) is 99.3 cm³/mol. The van der Waals surface area contributed by atoms with Crippen LogP contribution in [0.1, 0.15) is 30.0 Å². The van der Waals surface area contributed by atoms with Gasteiger partial charge in [0.2, 0.25) is 5.91 Å². The molecule has 1 atom stereocenters. The lowest BCUT2D eigenvalue weighted by Gasteiger charge is -2.18. The van der Waals surface area contributed by atoms with Crippen molar-refractivity contribution in [3.05, 3.63) is 70.7 Å². The molecule has 4 N–H and O–H groups in total. The predicted octanol–water partition coefficient (Wildman–Crippen LogP) is 3.19. The summed E-state index contributed by atoms with van der Waals surface area (Å²) < 4.78 is 0. The van der Waals surface area contributed by atoms with Crippen LogP contribution in [0.2, 0.25) is 5.02 Å². The van der Waals surface area contributed by atoms with Gasteiger partial charge in [0.15, 0.2) is 0 Å². The normalized spacial score (nSPS) is 11.6. The Morgan fingerprint density at radius 3 is 2.36 bits per heavy atom. The zero-order chi connectivity index (χ0) is 18.1. The number of carbonyl (C=O) groups excluding carboxylic acids is 2. The maximum Gasteiger partial charge on any atom is 0.312 e. The van der Waals surface area contributed by atoms with Gasteiger partial charge in [-0.05, 0) is 36.1 Å². The number of halogens is 1. The Morgan fingerprint density at radius 2 is 1.72 bits per heavy atom. The number of hydrogen-bond donors (Lipinski definition) is 3. The summed E-state index contributed by atoms with van der Waals surface area (Å²) in [6, 6.07) is 15.9. The Balaban J connectivity index is 1.82.